The monoisotopic (exact) mass is 592 g/mol. The van der Waals surface area contributed by atoms with E-state index < -0.39 is 0 Å². The second-order valence-electron chi connectivity index (χ2n) is 12.1. The first kappa shape index (κ1) is 25.0. The second kappa shape index (κ2) is 9.56. The molecule has 6 aromatic carbocycles. The molecule has 45 heavy (non-hydrogen) atoms. The van der Waals surface area contributed by atoms with E-state index in [-0.39, 0.29) is 12.0 Å². The fraction of sp³-hybridized carbons (Fsp3) is 0.0476. The molecule has 0 saturated carbocycles. The van der Waals surface area contributed by atoms with E-state index in [4.69, 9.17) is 0 Å². The van der Waals surface area contributed by atoms with Gasteiger partial charge >= 0.3 is 0 Å². The molecule has 2 aromatic heterocycles. The van der Waals surface area contributed by atoms with E-state index in [1.807, 2.05) is 11.3 Å². The van der Waals surface area contributed by atoms with Crippen molar-refractivity contribution < 1.29 is 0 Å². The van der Waals surface area contributed by atoms with Crippen molar-refractivity contribution >= 4 is 70.3 Å². The molecule has 10 rings (SSSR count). The van der Waals surface area contributed by atoms with Crippen LogP contribution in [0.5, 0.6) is 0 Å². The highest BCUT2D eigenvalue weighted by Crippen LogP contribution is 2.52. The number of para-hydroxylation sites is 3. The molecular weight excluding hydrogens is 565 g/mol. The molecule has 3 heterocycles. The highest BCUT2D eigenvalue weighted by atomic mass is 32.1. The van der Waals surface area contributed by atoms with E-state index in [2.05, 4.69) is 167 Å². The molecule has 2 atom stereocenters. The van der Waals surface area contributed by atoms with Crippen LogP contribution in [0, 0.1) is 0 Å². The van der Waals surface area contributed by atoms with E-state index in [1.54, 1.807) is 0 Å². The Bertz CT molecular complexity index is 2510. The zero-order chi connectivity index (χ0) is 29.5. The number of thiophene rings is 1. The maximum atomic E-state index is 2.58. The van der Waals surface area contributed by atoms with Gasteiger partial charge in [0.15, 0.2) is 0 Å². The Kier molecular flexibility index (Phi) is 5.31. The van der Waals surface area contributed by atoms with Crippen molar-refractivity contribution in [2.24, 2.45) is 0 Å². The van der Waals surface area contributed by atoms with Gasteiger partial charge in [-0.15, -0.1) is 11.3 Å². The van der Waals surface area contributed by atoms with Gasteiger partial charge in [-0.3, -0.25) is 0 Å². The molecule has 0 N–H and O–H groups in total. The molecule has 3 heteroatoms. The SMILES string of the molecule is C1=CC2C(C=C1c1ccc3c(c1)c1ccccc1n3-c1ccccc1)c1ccccc1N2c1cccc2c1sc1ccccc12. The van der Waals surface area contributed by atoms with Crippen LogP contribution in [0.2, 0.25) is 0 Å². The third-order valence-corrected chi connectivity index (χ3v) is 10.9. The number of nitrogens with zero attached hydrogens (tertiary/aromatic N) is 2. The Morgan fingerprint density at radius 1 is 0.556 bits per heavy atom. The lowest BCUT2D eigenvalue weighted by Crippen LogP contribution is -2.29. The summed E-state index contributed by atoms with van der Waals surface area (Å²) in [5, 5.41) is 5.25. The van der Waals surface area contributed by atoms with Crippen LogP contribution in [0.25, 0.3) is 53.2 Å². The van der Waals surface area contributed by atoms with Gasteiger partial charge in [0.25, 0.3) is 0 Å². The van der Waals surface area contributed by atoms with E-state index >= 15 is 0 Å². The van der Waals surface area contributed by atoms with Crippen molar-refractivity contribution in [1.82, 2.24) is 4.57 Å². The predicted molar refractivity (Wildman–Crippen MR) is 192 cm³/mol. The van der Waals surface area contributed by atoms with Crippen LogP contribution >= 0.6 is 11.3 Å². The van der Waals surface area contributed by atoms with Gasteiger partial charge in [0.05, 0.1) is 27.5 Å². The Hall–Kier alpha value is -5.38. The quantitative estimate of drug-likeness (QED) is 0.198. The highest BCUT2D eigenvalue weighted by molar-refractivity contribution is 7.26. The van der Waals surface area contributed by atoms with Gasteiger partial charge in [-0.2, -0.15) is 0 Å². The third-order valence-electron chi connectivity index (χ3n) is 9.72. The molecule has 2 aliphatic rings. The molecule has 0 radical (unpaired) electrons. The molecular formula is C42H28N2S. The number of aromatic nitrogens is 1. The van der Waals surface area contributed by atoms with E-state index in [0.29, 0.717) is 0 Å². The second-order valence-corrected chi connectivity index (χ2v) is 13.2. The van der Waals surface area contributed by atoms with Gasteiger partial charge in [0, 0.05) is 43.5 Å². The molecule has 0 amide bonds. The molecule has 0 saturated heterocycles. The van der Waals surface area contributed by atoms with Gasteiger partial charge in [-0.1, -0.05) is 109 Å². The number of allylic oxidation sites excluding steroid dienone is 2. The number of benzene rings is 6. The Morgan fingerprint density at radius 3 is 2.22 bits per heavy atom. The normalized spacial score (nSPS) is 17.3. The minimum Gasteiger partial charge on any atom is -0.332 e. The number of fused-ring (bicyclic) bond motifs is 9. The zero-order valence-electron chi connectivity index (χ0n) is 24.5. The summed E-state index contributed by atoms with van der Waals surface area (Å²) in [7, 11) is 0. The summed E-state index contributed by atoms with van der Waals surface area (Å²) in [6, 6.07) is 51.3. The molecule has 8 aromatic rings. The van der Waals surface area contributed by atoms with Gasteiger partial charge in [-0.05, 0) is 65.2 Å². The molecule has 1 aliphatic heterocycles. The molecule has 0 bridgehead atoms. The summed E-state index contributed by atoms with van der Waals surface area (Å²) >= 11 is 1.91. The number of rotatable bonds is 3. The maximum absolute atomic E-state index is 2.58. The number of hydrogen-bond acceptors (Lipinski definition) is 2. The van der Waals surface area contributed by atoms with Crippen molar-refractivity contribution in [1.29, 1.82) is 0 Å². The van der Waals surface area contributed by atoms with Gasteiger partial charge in [0.2, 0.25) is 0 Å². The average molecular weight is 593 g/mol. The summed E-state index contributed by atoms with van der Waals surface area (Å²) in [6.45, 7) is 0. The van der Waals surface area contributed by atoms with Gasteiger partial charge in [-0.25, -0.2) is 0 Å². The minimum absolute atomic E-state index is 0.227. The van der Waals surface area contributed by atoms with Crippen molar-refractivity contribution in [3.63, 3.8) is 0 Å². The van der Waals surface area contributed by atoms with Crippen molar-refractivity contribution in [3.05, 3.63) is 169 Å². The van der Waals surface area contributed by atoms with Crippen molar-refractivity contribution in [2.45, 2.75) is 12.0 Å². The van der Waals surface area contributed by atoms with E-state index in [9.17, 15) is 0 Å². The highest BCUT2D eigenvalue weighted by Gasteiger charge is 2.39. The maximum Gasteiger partial charge on any atom is 0.0630 e. The van der Waals surface area contributed by atoms with Crippen molar-refractivity contribution in [2.75, 3.05) is 4.90 Å². The van der Waals surface area contributed by atoms with Crippen molar-refractivity contribution in [3.8, 4) is 5.69 Å². The zero-order valence-corrected chi connectivity index (χ0v) is 25.3. The average Bonchev–Trinajstić information content (AvgIpc) is 3.76. The molecule has 212 valence electrons. The van der Waals surface area contributed by atoms with E-state index in [1.165, 1.54) is 75.7 Å². The smallest absolute Gasteiger partial charge is 0.0630 e. The lowest BCUT2D eigenvalue weighted by atomic mass is 9.86. The fourth-order valence-corrected chi connectivity index (χ4v) is 8.97. The summed E-state index contributed by atoms with van der Waals surface area (Å²) in [4.78, 5) is 2.58. The number of hydrogen-bond donors (Lipinski definition) is 0. The molecule has 0 fully saturated rings. The standard InChI is InChI=1S/C42H28N2S/c1-2-11-29(12-3-1)43-36-17-7-4-13-30(36)34-25-27(21-23-38(34)43)28-22-24-39-35(26-28)31-14-5-8-18-37(31)44(39)40-19-10-16-33-32-15-6-9-20-41(32)45-42(33)40/h1-26,35,39H. The fourth-order valence-electron chi connectivity index (χ4n) is 7.75. The lowest BCUT2D eigenvalue weighted by molar-refractivity contribution is 0.749. The van der Waals surface area contributed by atoms with Gasteiger partial charge < -0.3 is 9.47 Å². The first-order valence-corrected chi connectivity index (χ1v) is 16.4. The van der Waals surface area contributed by atoms with Crippen LogP contribution in [0.15, 0.2) is 158 Å². The topological polar surface area (TPSA) is 8.17 Å². The Balaban J connectivity index is 1.11. The summed E-state index contributed by atoms with van der Waals surface area (Å²) in [6.07, 6.45) is 7.29. The number of anilines is 2. The summed E-state index contributed by atoms with van der Waals surface area (Å²) in [5.41, 5.74) is 10.2. The van der Waals surface area contributed by atoms with Crippen LogP contribution < -0.4 is 4.90 Å². The molecule has 0 spiro atoms. The minimum atomic E-state index is 0.227. The van der Waals surface area contributed by atoms with E-state index in [0.717, 1.165) is 0 Å². The molecule has 2 nitrogen and oxygen atoms in total. The molecule has 2 unspecified atom stereocenters. The van der Waals surface area contributed by atoms with Crippen LogP contribution in [0.1, 0.15) is 17.0 Å². The Morgan fingerprint density at radius 2 is 1.29 bits per heavy atom. The van der Waals surface area contributed by atoms with Crippen LogP contribution in [-0.2, 0) is 0 Å². The third kappa shape index (κ3) is 3.62. The molecule has 1 aliphatic carbocycles. The predicted octanol–water partition coefficient (Wildman–Crippen LogP) is 11.4. The summed E-state index contributed by atoms with van der Waals surface area (Å²) < 4.78 is 5.09. The van der Waals surface area contributed by atoms with Crippen LogP contribution in [0.3, 0.4) is 0 Å². The van der Waals surface area contributed by atoms with Crippen LogP contribution in [0.4, 0.5) is 11.4 Å². The van der Waals surface area contributed by atoms with Gasteiger partial charge in [0.1, 0.15) is 0 Å². The summed E-state index contributed by atoms with van der Waals surface area (Å²) in [5.74, 6) is 0.271. The first-order valence-electron chi connectivity index (χ1n) is 15.6. The van der Waals surface area contributed by atoms with Crippen LogP contribution in [-0.4, -0.2) is 10.6 Å². The largest absolute Gasteiger partial charge is 0.332 e. The lowest BCUT2D eigenvalue weighted by Gasteiger charge is -2.30. The first-order chi connectivity index (χ1) is 22.3. The Labute approximate surface area is 265 Å².